The first-order chi connectivity index (χ1) is 20.9. The fourth-order valence-corrected chi connectivity index (χ4v) is 6.59. The number of nitrogens with zero attached hydrogens (tertiary/aromatic N) is 6. The predicted molar refractivity (Wildman–Crippen MR) is 156 cm³/mol. The minimum Gasteiger partial charge on any atom is -0.459 e. The van der Waals surface area contributed by atoms with E-state index in [-0.39, 0.29) is 29.6 Å². The molecule has 0 bridgehead atoms. The molecule has 3 aromatic rings. The van der Waals surface area contributed by atoms with Gasteiger partial charge in [0.25, 0.3) is 0 Å². The van der Waals surface area contributed by atoms with Crippen molar-refractivity contribution in [2.75, 3.05) is 20.2 Å². The second-order valence-electron chi connectivity index (χ2n) is 10.8. The molecule has 1 aromatic carbocycles. The van der Waals surface area contributed by atoms with Gasteiger partial charge in [0.1, 0.15) is 11.6 Å². The van der Waals surface area contributed by atoms with Gasteiger partial charge in [-0.1, -0.05) is 35.3 Å². The van der Waals surface area contributed by atoms with Crippen LogP contribution < -0.4 is 5.32 Å². The fraction of sp³-hybridized carbons (Fsp3) is 0.448. The van der Waals surface area contributed by atoms with Crippen molar-refractivity contribution in [2.45, 2.75) is 56.9 Å². The van der Waals surface area contributed by atoms with Gasteiger partial charge in [0.15, 0.2) is 11.3 Å². The van der Waals surface area contributed by atoms with E-state index in [1.165, 1.54) is 6.20 Å². The lowest BCUT2D eigenvalue weighted by Crippen LogP contribution is -2.51. The number of aromatic nitrogens is 4. The predicted octanol–water partition coefficient (Wildman–Crippen LogP) is 5.09. The first-order valence-corrected chi connectivity index (χ1v) is 14.7. The zero-order valence-electron chi connectivity index (χ0n) is 23.7. The maximum Gasteiger partial charge on any atom is 0.490 e. The van der Waals surface area contributed by atoms with E-state index in [1.807, 2.05) is 24.0 Å². The van der Waals surface area contributed by atoms with Gasteiger partial charge < -0.3 is 10.1 Å². The summed E-state index contributed by atoms with van der Waals surface area (Å²) in [5.74, 6) is -2.99. The van der Waals surface area contributed by atoms with Crippen LogP contribution in [0.4, 0.5) is 13.2 Å². The molecule has 5 rings (SSSR count). The smallest absolute Gasteiger partial charge is 0.459 e. The van der Waals surface area contributed by atoms with Crippen LogP contribution in [-0.4, -0.2) is 75.0 Å². The number of esters is 1. The number of amides is 1. The zero-order chi connectivity index (χ0) is 31.8. The summed E-state index contributed by atoms with van der Waals surface area (Å²) in [5.41, 5.74) is 2.48. The third-order valence-corrected chi connectivity index (χ3v) is 8.74. The third-order valence-electron chi connectivity index (χ3n) is 8.18. The molecule has 15 heteroatoms. The van der Waals surface area contributed by atoms with Crippen LogP contribution in [0.5, 0.6) is 0 Å². The second-order valence-corrected chi connectivity index (χ2v) is 11.6. The summed E-state index contributed by atoms with van der Waals surface area (Å²) < 4.78 is 45.3. The molecule has 4 atom stereocenters. The maximum absolute atomic E-state index is 13.0. The molecule has 3 heterocycles. The van der Waals surface area contributed by atoms with Crippen LogP contribution >= 0.6 is 23.2 Å². The highest BCUT2D eigenvalue weighted by Crippen LogP contribution is 2.38. The fourth-order valence-electron chi connectivity index (χ4n) is 6.02. The number of carbonyl (C=O) groups excluding carboxylic acids is 2. The number of carbonyl (C=O) groups is 2. The summed E-state index contributed by atoms with van der Waals surface area (Å²) in [6.45, 7) is 1.93. The molecule has 10 nitrogen and oxygen atoms in total. The highest BCUT2D eigenvalue weighted by Gasteiger charge is 2.44. The summed E-state index contributed by atoms with van der Waals surface area (Å²) in [5, 5.41) is 17.7. The molecule has 1 aliphatic heterocycles. The Hall–Kier alpha value is -3.73. The number of nitriles is 1. The van der Waals surface area contributed by atoms with E-state index in [0.717, 1.165) is 6.42 Å². The van der Waals surface area contributed by atoms with E-state index in [2.05, 4.69) is 15.4 Å². The average Bonchev–Trinajstić information content (AvgIpc) is 3.63. The summed E-state index contributed by atoms with van der Waals surface area (Å²) in [7, 11) is 1.54. The highest BCUT2D eigenvalue weighted by molar-refractivity contribution is 6.35. The average molecular weight is 650 g/mol. The lowest BCUT2D eigenvalue weighted by molar-refractivity contribution is -0.201. The van der Waals surface area contributed by atoms with Gasteiger partial charge in [-0.05, 0) is 62.4 Å². The van der Waals surface area contributed by atoms with E-state index in [1.54, 1.807) is 29.9 Å². The number of benzene rings is 1. The largest absolute Gasteiger partial charge is 0.490 e. The molecule has 0 saturated carbocycles. The standard InChI is InChI=1S/C29H28Cl2F3N7O3/c1-15(19-7-6-18(30)11-20(19)31)41-26-25(21(12-35)39-41)37-13-22(38-26)16-5-8-23(40-9-3-4-24(40)27(42)36-2)17(10-16)14-44-28(43)29(32,33)34/h5-7,11,13,15,17,23-24H,3-4,8-10,14H2,1-2H3,(H,36,42). The van der Waals surface area contributed by atoms with Crippen LogP contribution in [-0.2, 0) is 14.3 Å². The van der Waals surface area contributed by atoms with Crippen LogP contribution in [0.1, 0.15) is 55.6 Å². The molecule has 0 spiro atoms. The van der Waals surface area contributed by atoms with Crippen LogP contribution in [0, 0.1) is 17.2 Å². The molecular weight excluding hydrogens is 622 g/mol. The molecule has 1 saturated heterocycles. The normalized spacial score (nSPS) is 21.5. The number of alkyl halides is 3. The summed E-state index contributed by atoms with van der Waals surface area (Å²) in [4.78, 5) is 35.5. The first kappa shape index (κ1) is 31.7. The Morgan fingerprint density at radius 3 is 2.75 bits per heavy atom. The second kappa shape index (κ2) is 12.7. The minimum atomic E-state index is -5.13. The third kappa shape index (κ3) is 6.24. The number of halogens is 5. The molecule has 1 aliphatic carbocycles. The number of hydrogen-bond acceptors (Lipinski definition) is 8. The van der Waals surface area contributed by atoms with Gasteiger partial charge >= 0.3 is 12.1 Å². The monoisotopic (exact) mass is 649 g/mol. The van der Waals surface area contributed by atoms with Crippen molar-refractivity contribution in [1.82, 2.24) is 30.0 Å². The van der Waals surface area contributed by atoms with Crippen molar-refractivity contribution in [3.8, 4) is 6.07 Å². The number of hydrogen-bond donors (Lipinski definition) is 1. The van der Waals surface area contributed by atoms with Crippen molar-refractivity contribution in [1.29, 1.82) is 5.26 Å². The van der Waals surface area contributed by atoms with Gasteiger partial charge in [-0.25, -0.2) is 19.4 Å². The Balaban J connectivity index is 1.50. The Bertz CT molecular complexity index is 1670. The number of ether oxygens (including phenoxy) is 1. The summed E-state index contributed by atoms with van der Waals surface area (Å²) in [6.07, 6.45) is 0.254. The number of nitrogens with one attached hydrogen (secondary N) is 1. The van der Waals surface area contributed by atoms with E-state index in [9.17, 15) is 28.0 Å². The topological polar surface area (TPSA) is 126 Å². The van der Waals surface area contributed by atoms with E-state index in [0.29, 0.717) is 51.9 Å². The Morgan fingerprint density at radius 2 is 2.07 bits per heavy atom. The van der Waals surface area contributed by atoms with E-state index in [4.69, 9.17) is 32.9 Å². The van der Waals surface area contributed by atoms with Crippen molar-refractivity contribution in [3.63, 3.8) is 0 Å². The minimum absolute atomic E-state index is 0.0693. The first-order valence-electron chi connectivity index (χ1n) is 13.9. The lowest BCUT2D eigenvalue weighted by atomic mass is 9.82. The molecule has 232 valence electrons. The molecule has 1 N–H and O–H groups in total. The Labute approximate surface area is 260 Å². The number of allylic oxidation sites excluding steroid dienone is 1. The Morgan fingerprint density at radius 1 is 1.30 bits per heavy atom. The lowest BCUT2D eigenvalue weighted by Gasteiger charge is -2.39. The zero-order valence-corrected chi connectivity index (χ0v) is 25.2. The van der Waals surface area contributed by atoms with Gasteiger partial charge in [-0.15, -0.1) is 0 Å². The van der Waals surface area contributed by atoms with Gasteiger partial charge in [0.2, 0.25) is 5.91 Å². The van der Waals surface area contributed by atoms with Crippen molar-refractivity contribution in [3.05, 3.63) is 57.5 Å². The van der Waals surface area contributed by atoms with Gasteiger partial charge in [-0.2, -0.15) is 23.5 Å². The molecule has 2 aromatic heterocycles. The van der Waals surface area contributed by atoms with Crippen molar-refractivity contribution < 1.29 is 27.5 Å². The van der Waals surface area contributed by atoms with Crippen LogP contribution in [0.2, 0.25) is 10.0 Å². The number of rotatable bonds is 7. The molecule has 44 heavy (non-hydrogen) atoms. The molecular formula is C29H28Cl2F3N7O3. The van der Waals surface area contributed by atoms with E-state index < -0.39 is 36.8 Å². The van der Waals surface area contributed by atoms with Crippen molar-refractivity contribution >= 4 is 51.8 Å². The number of likely N-dealkylation sites (tertiary alicyclic amines) is 1. The molecule has 1 fully saturated rings. The molecule has 1 amide bonds. The van der Waals surface area contributed by atoms with Gasteiger partial charge in [0.05, 0.1) is 30.6 Å². The van der Waals surface area contributed by atoms with Gasteiger partial charge in [-0.3, -0.25) is 9.69 Å². The summed E-state index contributed by atoms with van der Waals surface area (Å²) in [6, 6.07) is 5.86. The number of likely N-dealkylation sites (N-methyl/N-ethyl adjacent to an activating group) is 1. The van der Waals surface area contributed by atoms with Crippen LogP contribution in [0.25, 0.3) is 16.7 Å². The molecule has 2 aliphatic rings. The van der Waals surface area contributed by atoms with Crippen LogP contribution in [0.15, 0.2) is 30.5 Å². The highest BCUT2D eigenvalue weighted by atomic mass is 35.5. The van der Waals surface area contributed by atoms with Crippen molar-refractivity contribution in [2.24, 2.45) is 5.92 Å². The maximum atomic E-state index is 13.0. The summed E-state index contributed by atoms with van der Waals surface area (Å²) >= 11 is 12.5. The Kier molecular flexibility index (Phi) is 9.15. The SMILES string of the molecule is CNC(=O)C1CCCN1C1CC=C(c2cnc3c(C#N)nn(C(C)c4ccc(Cl)cc4Cl)c3n2)CC1COC(=O)C(F)(F)F. The van der Waals surface area contributed by atoms with E-state index >= 15 is 0 Å². The van der Waals surface area contributed by atoms with Gasteiger partial charge in [0, 0.05) is 29.1 Å². The molecule has 4 unspecified atom stereocenters. The number of fused-ring (bicyclic) bond motifs is 1. The molecule has 0 radical (unpaired) electrons. The quantitative estimate of drug-likeness (QED) is 0.351. The van der Waals surface area contributed by atoms with Crippen LogP contribution in [0.3, 0.4) is 0 Å².